The minimum atomic E-state index is -0.454. The third-order valence-electron chi connectivity index (χ3n) is 4.58. The molecule has 2 aromatic carbocycles. The van der Waals surface area contributed by atoms with Gasteiger partial charge in [-0.2, -0.15) is 0 Å². The fourth-order valence-corrected chi connectivity index (χ4v) is 4.99. The van der Waals surface area contributed by atoms with Crippen LogP contribution < -0.4 is 10.6 Å². The van der Waals surface area contributed by atoms with Crippen LogP contribution in [0.3, 0.4) is 0 Å². The number of benzene rings is 2. The van der Waals surface area contributed by atoms with Gasteiger partial charge >= 0.3 is 0 Å². The first-order valence-corrected chi connectivity index (χ1v) is 12.7. The summed E-state index contributed by atoms with van der Waals surface area (Å²) in [5.74, 6) is -0.0776. The molecule has 13 heteroatoms. The number of anilines is 1. The van der Waals surface area contributed by atoms with E-state index in [1.54, 1.807) is 19.1 Å². The summed E-state index contributed by atoms with van der Waals surface area (Å²) < 4.78 is 1.82. The number of amides is 2. The predicted molar refractivity (Wildman–Crippen MR) is 139 cm³/mol. The fraction of sp³-hybridized carbons (Fsp3) is 0.238. The molecule has 2 N–H and O–H groups in total. The number of hydrogen-bond donors (Lipinski definition) is 2. The molecule has 1 heterocycles. The number of rotatable bonds is 8. The van der Waals surface area contributed by atoms with Crippen molar-refractivity contribution in [2.45, 2.75) is 31.6 Å². The zero-order valence-corrected chi connectivity index (χ0v) is 22.4. The SMILES string of the molecule is CCn1c(SCC(=O)Nc2c(Cl)cc(Cl)cc2Cl)nnc1[C@@H](C)NC(=O)c1ccc(Cl)c(Cl)c1. The number of halogens is 5. The lowest BCUT2D eigenvalue weighted by molar-refractivity contribution is -0.113. The van der Waals surface area contributed by atoms with Crippen molar-refractivity contribution in [3.05, 3.63) is 66.8 Å². The van der Waals surface area contributed by atoms with E-state index in [2.05, 4.69) is 20.8 Å². The highest BCUT2D eigenvalue weighted by atomic mass is 35.5. The fourth-order valence-electron chi connectivity index (χ4n) is 2.97. The van der Waals surface area contributed by atoms with Crippen molar-refractivity contribution in [3.63, 3.8) is 0 Å². The van der Waals surface area contributed by atoms with E-state index in [0.29, 0.717) is 33.1 Å². The molecular formula is C21H18Cl5N5O2S. The van der Waals surface area contributed by atoms with E-state index in [-0.39, 0.29) is 38.3 Å². The van der Waals surface area contributed by atoms with E-state index < -0.39 is 6.04 Å². The summed E-state index contributed by atoms with van der Waals surface area (Å²) in [5.41, 5.74) is 0.657. The van der Waals surface area contributed by atoms with Gasteiger partial charge in [0, 0.05) is 17.1 Å². The van der Waals surface area contributed by atoms with Gasteiger partial charge in [0.25, 0.3) is 5.91 Å². The molecule has 2 amide bonds. The largest absolute Gasteiger partial charge is 0.342 e. The van der Waals surface area contributed by atoms with E-state index in [4.69, 9.17) is 58.0 Å². The molecular weight excluding hydrogens is 564 g/mol. The normalized spacial score (nSPS) is 11.9. The van der Waals surface area contributed by atoms with E-state index in [0.717, 1.165) is 0 Å². The van der Waals surface area contributed by atoms with E-state index >= 15 is 0 Å². The molecule has 34 heavy (non-hydrogen) atoms. The molecule has 1 aromatic heterocycles. The van der Waals surface area contributed by atoms with Gasteiger partial charge in [-0.25, -0.2) is 0 Å². The van der Waals surface area contributed by atoms with Gasteiger partial charge in [0.1, 0.15) is 0 Å². The molecule has 1 atom stereocenters. The van der Waals surface area contributed by atoms with E-state index in [9.17, 15) is 9.59 Å². The number of carbonyl (C=O) groups excluding carboxylic acids is 2. The van der Waals surface area contributed by atoms with Crippen LogP contribution in [0.5, 0.6) is 0 Å². The van der Waals surface area contributed by atoms with Crippen LogP contribution in [0.1, 0.15) is 36.1 Å². The molecule has 3 aromatic rings. The maximum atomic E-state index is 12.6. The quantitative estimate of drug-likeness (QED) is 0.286. The number of hydrogen-bond acceptors (Lipinski definition) is 5. The molecule has 7 nitrogen and oxygen atoms in total. The maximum Gasteiger partial charge on any atom is 0.251 e. The third kappa shape index (κ3) is 6.50. The highest BCUT2D eigenvalue weighted by molar-refractivity contribution is 7.99. The molecule has 180 valence electrons. The predicted octanol–water partition coefficient (Wildman–Crippen LogP) is 6.79. The van der Waals surface area contributed by atoms with Crippen LogP contribution in [-0.2, 0) is 11.3 Å². The second-order valence-corrected chi connectivity index (χ2v) is 10.00. The highest BCUT2D eigenvalue weighted by Crippen LogP contribution is 2.34. The van der Waals surface area contributed by atoms with Gasteiger partial charge in [-0.1, -0.05) is 69.8 Å². The van der Waals surface area contributed by atoms with Gasteiger partial charge in [-0.05, 0) is 44.2 Å². The van der Waals surface area contributed by atoms with Gasteiger partial charge in [0.2, 0.25) is 5.91 Å². The van der Waals surface area contributed by atoms with Crippen molar-refractivity contribution < 1.29 is 9.59 Å². The van der Waals surface area contributed by atoms with Gasteiger partial charge in [0.15, 0.2) is 11.0 Å². The van der Waals surface area contributed by atoms with E-state index in [1.807, 2.05) is 11.5 Å². The molecule has 0 fully saturated rings. The molecule has 0 spiro atoms. The number of nitrogens with zero attached hydrogens (tertiary/aromatic N) is 3. The van der Waals surface area contributed by atoms with Crippen molar-refractivity contribution >= 4 is 87.3 Å². The zero-order valence-electron chi connectivity index (χ0n) is 17.8. The Morgan fingerprint density at radius 2 is 1.68 bits per heavy atom. The van der Waals surface area contributed by atoms with Gasteiger partial charge < -0.3 is 15.2 Å². The summed E-state index contributed by atoms with van der Waals surface area (Å²) in [6, 6.07) is 7.17. The summed E-state index contributed by atoms with van der Waals surface area (Å²) in [4.78, 5) is 25.1. The molecule has 3 rings (SSSR count). The maximum absolute atomic E-state index is 12.6. The molecule has 0 radical (unpaired) electrons. The minimum absolute atomic E-state index is 0.0391. The second-order valence-electron chi connectivity index (χ2n) is 6.99. The molecule has 0 aliphatic rings. The summed E-state index contributed by atoms with van der Waals surface area (Å²) in [6.45, 7) is 4.24. The van der Waals surface area contributed by atoms with Crippen molar-refractivity contribution in [1.82, 2.24) is 20.1 Å². The zero-order chi connectivity index (χ0) is 25.0. The Kier molecular flexibility index (Phi) is 9.37. The number of nitrogens with one attached hydrogen (secondary N) is 2. The first-order chi connectivity index (χ1) is 16.1. The molecule has 0 saturated carbocycles. The average molecular weight is 582 g/mol. The lowest BCUT2D eigenvalue weighted by Crippen LogP contribution is -2.28. The summed E-state index contributed by atoms with van der Waals surface area (Å²) in [6.07, 6.45) is 0. The number of thioether (sulfide) groups is 1. The Morgan fingerprint density at radius 1 is 1.00 bits per heavy atom. The Bertz CT molecular complexity index is 1210. The van der Waals surface area contributed by atoms with Crippen LogP contribution in [0.15, 0.2) is 35.5 Å². The summed E-state index contributed by atoms with van der Waals surface area (Å²) in [7, 11) is 0. The van der Waals surface area contributed by atoms with E-state index in [1.165, 1.54) is 30.0 Å². The van der Waals surface area contributed by atoms with Crippen molar-refractivity contribution in [2.75, 3.05) is 11.1 Å². The first kappa shape index (κ1) is 26.9. The number of aromatic nitrogens is 3. The Hall–Kier alpha value is -1.68. The lowest BCUT2D eigenvalue weighted by atomic mass is 10.2. The Balaban J connectivity index is 1.66. The average Bonchev–Trinajstić information content (AvgIpc) is 3.19. The molecule has 0 aliphatic carbocycles. The molecule has 0 aliphatic heterocycles. The highest BCUT2D eigenvalue weighted by Gasteiger charge is 2.21. The van der Waals surface area contributed by atoms with Gasteiger partial charge in [-0.3, -0.25) is 9.59 Å². The number of carbonyl (C=O) groups is 2. The standard InChI is InChI=1S/C21H18Cl5N5O2S/c1-3-31-19(10(2)27-20(33)11-4-5-13(23)14(24)6-11)29-30-21(31)34-9-17(32)28-18-15(25)7-12(22)8-16(18)26/h4-8,10H,3,9H2,1-2H3,(H,27,33)(H,28,32)/t10-/m1/s1. The van der Waals surface area contributed by atoms with Crippen LogP contribution in [-0.4, -0.2) is 32.3 Å². The van der Waals surface area contributed by atoms with Crippen molar-refractivity contribution in [2.24, 2.45) is 0 Å². The Labute approximate surface area is 225 Å². The van der Waals surface area contributed by atoms with Crippen molar-refractivity contribution in [1.29, 1.82) is 0 Å². The van der Waals surface area contributed by atoms with Crippen molar-refractivity contribution in [3.8, 4) is 0 Å². The van der Waals surface area contributed by atoms with Crippen LogP contribution in [0.25, 0.3) is 0 Å². The molecule has 0 saturated heterocycles. The smallest absolute Gasteiger partial charge is 0.251 e. The molecule has 0 unspecified atom stereocenters. The second kappa shape index (κ2) is 11.8. The molecule has 0 bridgehead atoms. The topological polar surface area (TPSA) is 88.9 Å². The lowest BCUT2D eigenvalue weighted by Gasteiger charge is -2.15. The van der Waals surface area contributed by atoms with Crippen LogP contribution in [0, 0.1) is 0 Å². The first-order valence-electron chi connectivity index (χ1n) is 9.86. The Morgan fingerprint density at radius 3 is 2.29 bits per heavy atom. The van der Waals surface area contributed by atoms with Crippen LogP contribution in [0.4, 0.5) is 5.69 Å². The minimum Gasteiger partial charge on any atom is -0.342 e. The van der Waals surface area contributed by atoms with Gasteiger partial charge in [0.05, 0.1) is 37.6 Å². The third-order valence-corrected chi connectivity index (χ3v) is 7.10. The van der Waals surface area contributed by atoms with Crippen LogP contribution in [0.2, 0.25) is 25.1 Å². The summed E-state index contributed by atoms with van der Waals surface area (Å²) >= 11 is 31.2. The summed E-state index contributed by atoms with van der Waals surface area (Å²) in [5, 5.41) is 16.0. The van der Waals surface area contributed by atoms with Crippen LogP contribution >= 0.6 is 69.8 Å². The monoisotopic (exact) mass is 579 g/mol. The van der Waals surface area contributed by atoms with Gasteiger partial charge in [-0.15, -0.1) is 10.2 Å².